The van der Waals surface area contributed by atoms with Gasteiger partial charge in [0.2, 0.25) is 5.91 Å². The quantitative estimate of drug-likeness (QED) is 0.846. The highest BCUT2D eigenvalue weighted by Gasteiger charge is 2.22. The van der Waals surface area contributed by atoms with Gasteiger partial charge in [0, 0.05) is 37.8 Å². The van der Waals surface area contributed by atoms with E-state index in [4.69, 9.17) is 0 Å². The van der Waals surface area contributed by atoms with Crippen molar-refractivity contribution in [2.24, 2.45) is 0 Å². The van der Waals surface area contributed by atoms with Crippen LogP contribution in [0.25, 0.3) is 0 Å². The van der Waals surface area contributed by atoms with Crippen LogP contribution in [0, 0.1) is 0 Å². The highest BCUT2D eigenvalue weighted by Crippen LogP contribution is 2.18. The summed E-state index contributed by atoms with van der Waals surface area (Å²) in [7, 11) is 1.69. The molecule has 0 aromatic carbocycles. The second kappa shape index (κ2) is 6.98. The molecule has 19 heavy (non-hydrogen) atoms. The molecule has 1 amide bonds. The van der Waals surface area contributed by atoms with Crippen LogP contribution in [0.1, 0.15) is 30.8 Å². The van der Waals surface area contributed by atoms with Crippen LogP contribution in [-0.4, -0.2) is 48.5 Å². The summed E-state index contributed by atoms with van der Waals surface area (Å²) in [6, 6.07) is 0.843. The Morgan fingerprint density at radius 3 is 2.89 bits per heavy atom. The number of likely N-dealkylation sites (tertiary alicyclic amines) is 1. The molecule has 0 aliphatic carbocycles. The second-order valence-electron chi connectivity index (χ2n) is 4.98. The molecule has 6 heteroatoms. The molecule has 1 aromatic heterocycles. The average Bonchev–Trinajstić information content (AvgIpc) is 2.95. The molecule has 1 aliphatic rings. The third-order valence-corrected chi connectivity index (χ3v) is 4.50. The molecule has 2 rings (SSSR count). The third-order valence-electron chi connectivity index (χ3n) is 3.54. The molecule has 106 valence electrons. The lowest BCUT2D eigenvalue weighted by Gasteiger charge is -2.33. The van der Waals surface area contributed by atoms with Crippen LogP contribution >= 0.6 is 11.3 Å². The first-order valence-electron chi connectivity index (χ1n) is 6.77. The first-order valence-corrected chi connectivity index (χ1v) is 7.65. The predicted molar refractivity (Wildman–Crippen MR) is 77.2 cm³/mol. The summed E-state index contributed by atoms with van der Waals surface area (Å²) in [4.78, 5) is 17.9. The molecule has 0 spiro atoms. The zero-order valence-electron chi connectivity index (χ0n) is 11.6. The van der Waals surface area contributed by atoms with Gasteiger partial charge in [-0.15, -0.1) is 11.3 Å². The highest BCUT2D eigenvalue weighted by molar-refractivity contribution is 7.09. The summed E-state index contributed by atoms with van der Waals surface area (Å²) in [6.07, 6.45) is 4.03. The summed E-state index contributed by atoms with van der Waals surface area (Å²) >= 11 is 1.69. The summed E-state index contributed by atoms with van der Waals surface area (Å²) < 4.78 is 0. The number of rotatable bonds is 5. The van der Waals surface area contributed by atoms with Crippen LogP contribution < -0.4 is 10.6 Å². The van der Waals surface area contributed by atoms with Crippen molar-refractivity contribution in [3.8, 4) is 0 Å². The Balaban J connectivity index is 1.73. The minimum absolute atomic E-state index is 0.0996. The fourth-order valence-electron chi connectivity index (χ4n) is 2.41. The van der Waals surface area contributed by atoms with Crippen molar-refractivity contribution in [3.05, 3.63) is 16.6 Å². The topological polar surface area (TPSA) is 57.3 Å². The molecule has 1 aromatic rings. The van der Waals surface area contributed by atoms with Gasteiger partial charge in [0.05, 0.1) is 12.6 Å². The van der Waals surface area contributed by atoms with Crippen molar-refractivity contribution in [1.82, 2.24) is 20.5 Å². The van der Waals surface area contributed by atoms with Gasteiger partial charge >= 0.3 is 0 Å². The van der Waals surface area contributed by atoms with E-state index in [1.54, 1.807) is 18.4 Å². The van der Waals surface area contributed by atoms with Gasteiger partial charge in [-0.25, -0.2) is 4.98 Å². The van der Waals surface area contributed by atoms with Crippen LogP contribution in [0.4, 0.5) is 0 Å². The minimum Gasteiger partial charge on any atom is -0.358 e. The Labute approximate surface area is 118 Å². The number of hydrogen-bond donors (Lipinski definition) is 2. The summed E-state index contributed by atoms with van der Waals surface area (Å²) in [5.74, 6) is 0.0996. The number of thiazole rings is 1. The molecular weight excluding hydrogens is 260 g/mol. The Morgan fingerprint density at radius 2 is 2.32 bits per heavy atom. The number of nitrogens with one attached hydrogen (secondary N) is 2. The Morgan fingerprint density at radius 1 is 1.58 bits per heavy atom. The molecule has 1 aliphatic heterocycles. The van der Waals surface area contributed by atoms with Gasteiger partial charge in [-0.3, -0.25) is 9.69 Å². The molecule has 2 heterocycles. The van der Waals surface area contributed by atoms with Gasteiger partial charge in [-0.05, 0) is 19.8 Å². The average molecular weight is 282 g/mol. The maximum atomic E-state index is 11.3. The fourth-order valence-corrected chi connectivity index (χ4v) is 3.07. The smallest absolute Gasteiger partial charge is 0.233 e. The number of amides is 1. The number of nitrogens with zero attached hydrogens (tertiary/aromatic N) is 2. The Bertz CT molecular complexity index is 387. The summed E-state index contributed by atoms with van der Waals surface area (Å²) in [5, 5.41) is 9.46. The number of aromatic nitrogens is 1. The molecule has 1 fully saturated rings. The fraction of sp³-hybridized carbons (Fsp3) is 0.692. The van der Waals surface area contributed by atoms with Gasteiger partial charge in [-0.1, -0.05) is 0 Å². The van der Waals surface area contributed by atoms with Crippen LogP contribution in [0.5, 0.6) is 0 Å². The normalized spacial score (nSPS) is 19.3. The van der Waals surface area contributed by atoms with Gasteiger partial charge in [0.1, 0.15) is 5.01 Å². The van der Waals surface area contributed by atoms with Crippen molar-refractivity contribution < 1.29 is 4.79 Å². The lowest BCUT2D eigenvalue weighted by atomic mass is 10.0. The zero-order chi connectivity index (χ0) is 13.7. The van der Waals surface area contributed by atoms with E-state index in [0.29, 0.717) is 18.6 Å². The zero-order valence-corrected chi connectivity index (χ0v) is 12.4. The molecule has 1 saturated heterocycles. The lowest BCUT2D eigenvalue weighted by Crippen LogP contribution is -2.46. The van der Waals surface area contributed by atoms with E-state index in [2.05, 4.69) is 27.4 Å². The number of carbonyl (C=O) groups excluding carboxylic acids is 1. The standard InChI is InChI=1S/C13H22N4OS/c1-10(13-15-5-8-19-13)16-11-3-6-17(7-4-11)9-12(18)14-2/h5,8,10-11,16H,3-4,6-7,9H2,1-2H3,(H,14,18). The van der Waals surface area contributed by atoms with E-state index >= 15 is 0 Å². The van der Waals surface area contributed by atoms with Gasteiger partial charge in [-0.2, -0.15) is 0 Å². The molecule has 0 bridgehead atoms. The molecule has 5 nitrogen and oxygen atoms in total. The molecule has 0 saturated carbocycles. The molecule has 0 radical (unpaired) electrons. The maximum Gasteiger partial charge on any atom is 0.233 e. The van der Waals surface area contributed by atoms with Gasteiger partial charge < -0.3 is 10.6 Å². The Kier molecular flexibility index (Phi) is 5.30. The van der Waals surface area contributed by atoms with Crippen molar-refractivity contribution in [2.45, 2.75) is 31.8 Å². The monoisotopic (exact) mass is 282 g/mol. The number of carbonyl (C=O) groups is 1. The Hall–Kier alpha value is -0.980. The molecule has 1 atom stereocenters. The van der Waals surface area contributed by atoms with Crippen molar-refractivity contribution in [1.29, 1.82) is 0 Å². The second-order valence-corrected chi connectivity index (χ2v) is 5.91. The van der Waals surface area contributed by atoms with Crippen molar-refractivity contribution in [3.63, 3.8) is 0 Å². The van der Waals surface area contributed by atoms with Crippen molar-refractivity contribution in [2.75, 3.05) is 26.7 Å². The number of piperidine rings is 1. The van der Waals surface area contributed by atoms with Crippen LogP contribution in [0.2, 0.25) is 0 Å². The van der Waals surface area contributed by atoms with Gasteiger partial charge in [0.15, 0.2) is 0 Å². The van der Waals surface area contributed by atoms with E-state index in [0.717, 1.165) is 30.9 Å². The first-order chi connectivity index (χ1) is 9.19. The van der Waals surface area contributed by atoms with Gasteiger partial charge in [0.25, 0.3) is 0 Å². The summed E-state index contributed by atoms with van der Waals surface area (Å²) in [6.45, 7) is 4.65. The van der Waals surface area contributed by atoms with Crippen LogP contribution in [-0.2, 0) is 4.79 Å². The van der Waals surface area contributed by atoms with E-state index in [9.17, 15) is 4.79 Å². The predicted octanol–water partition coefficient (Wildman–Crippen LogP) is 1.00. The number of likely N-dealkylation sites (N-methyl/N-ethyl adjacent to an activating group) is 1. The van der Waals surface area contributed by atoms with Crippen LogP contribution in [0.15, 0.2) is 11.6 Å². The minimum atomic E-state index is 0.0996. The molecule has 1 unspecified atom stereocenters. The third kappa shape index (κ3) is 4.26. The van der Waals surface area contributed by atoms with E-state index < -0.39 is 0 Å². The molecule has 2 N–H and O–H groups in total. The van der Waals surface area contributed by atoms with Crippen LogP contribution in [0.3, 0.4) is 0 Å². The highest BCUT2D eigenvalue weighted by atomic mass is 32.1. The van der Waals surface area contributed by atoms with E-state index in [-0.39, 0.29) is 5.91 Å². The van der Waals surface area contributed by atoms with E-state index in [1.165, 1.54) is 0 Å². The number of hydrogen-bond acceptors (Lipinski definition) is 5. The SMILES string of the molecule is CNC(=O)CN1CCC(NC(C)c2nccs2)CC1. The van der Waals surface area contributed by atoms with E-state index in [1.807, 2.05) is 11.6 Å². The largest absolute Gasteiger partial charge is 0.358 e. The summed E-state index contributed by atoms with van der Waals surface area (Å²) in [5.41, 5.74) is 0. The molecular formula is C13H22N4OS. The maximum absolute atomic E-state index is 11.3. The first kappa shape index (κ1) is 14.4. The lowest BCUT2D eigenvalue weighted by molar-refractivity contribution is -0.122. The van der Waals surface area contributed by atoms with Crippen molar-refractivity contribution >= 4 is 17.2 Å².